The van der Waals surface area contributed by atoms with Gasteiger partial charge in [-0.2, -0.15) is 0 Å². The van der Waals surface area contributed by atoms with E-state index < -0.39 is 0 Å². The zero-order valence-corrected chi connectivity index (χ0v) is 23.0. The van der Waals surface area contributed by atoms with E-state index in [2.05, 4.69) is 47.4 Å². The van der Waals surface area contributed by atoms with E-state index in [4.69, 9.17) is 9.47 Å². The Kier molecular flexibility index (Phi) is 6.61. The van der Waals surface area contributed by atoms with E-state index >= 15 is 0 Å². The third-order valence-corrected chi connectivity index (χ3v) is 7.07. The molecule has 0 saturated carbocycles. The summed E-state index contributed by atoms with van der Waals surface area (Å²) in [4.78, 5) is 4.67. The number of hydrogen-bond acceptors (Lipinski definition) is 3. The normalized spacial score (nSPS) is 12.2. The van der Waals surface area contributed by atoms with Crippen molar-refractivity contribution in [2.24, 2.45) is 0 Å². The lowest BCUT2D eigenvalue weighted by Crippen LogP contribution is -1.94. The second-order valence-electron chi connectivity index (χ2n) is 10.0. The van der Waals surface area contributed by atoms with Crippen molar-refractivity contribution >= 4 is 22.5 Å². The molecule has 6 aromatic rings. The van der Waals surface area contributed by atoms with Crippen LogP contribution >= 0.6 is 0 Å². The average Bonchev–Trinajstić information content (AvgIpc) is 3.48. The van der Waals surface area contributed by atoms with Crippen molar-refractivity contribution in [1.29, 1.82) is 0 Å². The van der Waals surface area contributed by atoms with Gasteiger partial charge in [0.05, 0.1) is 11.8 Å². The lowest BCUT2D eigenvalue weighted by molar-refractivity contribution is -0.429. The number of hydrogen-bond donors (Lipinski definition) is 0. The minimum absolute atomic E-state index is 0.740. The van der Waals surface area contributed by atoms with Crippen LogP contribution in [0.4, 0.5) is 5.69 Å². The van der Waals surface area contributed by atoms with Crippen LogP contribution in [0.3, 0.4) is 0 Å². The van der Waals surface area contributed by atoms with Crippen LogP contribution in [0.5, 0.6) is 23.0 Å². The standard InChI is InChI=1S/C37H27N3O2/c1-39-20-21-40(26-39)31-12-7-15-34(25-31)41-32-13-5-11-30(23-32)36-24-29(18-19-38-36)28-10-4-14-33(22-28)42-37-17-6-9-27-8-2-3-16-35(27)37/h2-25H,1H3/q+2. The zero-order valence-electron chi connectivity index (χ0n) is 23.0. The van der Waals surface area contributed by atoms with Crippen molar-refractivity contribution in [3.05, 3.63) is 146 Å². The number of rotatable bonds is 7. The summed E-state index contributed by atoms with van der Waals surface area (Å²) in [5.74, 6) is 3.11. The maximum atomic E-state index is 6.34. The van der Waals surface area contributed by atoms with Crippen molar-refractivity contribution in [1.82, 2.24) is 4.98 Å². The maximum Gasteiger partial charge on any atom is 0.495 e. The molecule has 0 radical (unpaired) electrons. The number of ether oxygens (including phenoxy) is 2. The van der Waals surface area contributed by atoms with Crippen molar-refractivity contribution < 1.29 is 18.6 Å². The quantitative estimate of drug-likeness (QED) is 0.188. The Morgan fingerprint density at radius 3 is 2.14 bits per heavy atom. The molecule has 0 amide bonds. The minimum atomic E-state index is 0.740. The molecule has 0 bridgehead atoms. The van der Waals surface area contributed by atoms with Gasteiger partial charge in [-0.3, -0.25) is 4.98 Å². The Morgan fingerprint density at radius 1 is 0.595 bits per heavy atom. The first-order chi connectivity index (χ1) is 20.7. The molecule has 5 heteroatoms. The fraction of sp³-hybridized carbons (Fsp3) is 0.0270. The zero-order chi connectivity index (χ0) is 28.3. The van der Waals surface area contributed by atoms with E-state index in [1.807, 2.05) is 126 Å². The summed E-state index contributed by atoms with van der Waals surface area (Å²) in [6, 6.07) is 45.8. The Morgan fingerprint density at radius 2 is 1.29 bits per heavy atom. The summed E-state index contributed by atoms with van der Waals surface area (Å²) in [5, 5.41) is 2.24. The Hall–Kier alpha value is -5.77. The summed E-state index contributed by atoms with van der Waals surface area (Å²) in [7, 11) is 1.95. The van der Waals surface area contributed by atoms with Gasteiger partial charge >= 0.3 is 6.01 Å². The van der Waals surface area contributed by atoms with E-state index in [0.717, 1.165) is 61.8 Å². The van der Waals surface area contributed by atoms with Crippen LogP contribution < -0.4 is 9.47 Å². The lowest BCUT2D eigenvalue weighted by Gasteiger charge is -2.11. The summed E-state index contributed by atoms with van der Waals surface area (Å²) in [6.07, 6.45) is 5.75. The molecule has 0 saturated heterocycles. The largest absolute Gasteiger partial charge is 0.495 e. The Labute approximate surface area is 244 Å². The molecule has 0 unspecified atom stereocenters. The molecule has 0 N–H and O–H groups in total. The van der Waals surface area contributed by atoms with E-state index in [1.54, 1.807) is 0 Å². The third kappa shape index (κ3) is 5.33. The Bertz CT molecular complexity index is 2050. The summed E-state index contributed by atoms with van der Waals surface area (Å²) in [5.41, 5.74) is 4.92. The molecule has 5 nitrogen and oxygen atoms in total. The van der Waals surface area contributed by atoms with Crippen LogP contribution in [0.25, 0.3) is 33.2 Å². The van der Waals surface area contributed by atoms with E-state index in [9.17, 15) is 0 Å². The minimum Gasteiger partial charge on any atom is -0.457 e. The molecular formula is C37H27N3O2+2. The topological polar surface area (TPSA) is 37.4 Å². The fourth-order valence-electron chi connectivity index (χ4n) is 5.02. The van der Waals surface area contributed by atoms with Gasteiger partial charge in [0.1, 0.15) is 23.0 Å². The van der Waals surface area contributed by atoms with E-state index in [-0.39, 0.29) is 0 Å². The highest BCUT2D eigenvalue weighted by molar-refractivity contribution is 5.88. The number of fused-ring (bicyclic) bond motifs is 1. The monoisotopic (exact) mass is 545 g/mol. The maximum absolute atomic E-state index is 6.34. The first-order valence-electron chi connectivity index (χ1n) is 13.8. The van der Waals surface area contributed by atoms with Gasteiger partial charge in [-0.25, -0.2) is 0 Å². The molecule has 1 aliphatic rings. The van der Waals surface area contributed by atoms with Gasteiger partial charge in [-0.1, -0.05) is 75.9 Å². The SMILES string of the molecule is C[N+]1=C=[N+](c2cccc(Oc3cccc(-c4cc(-c5cccc(Oc6cccc7ccccc67)c5)ccn4)c3)c2)C=C1. The van der Waals surface area contributed by atoms with Crippen LogP contribution in [0.15, 0.2) is 146 Å². The molecule has 7 rings (SSSR count). The molecule has 42 heavy (non-hydrogen) atoms. The number of benzene rings is 5. The van der Waals surface area contributed by atoms with Crippen molar-refractivity contribution in [3.63, 3.8) is 0 Å². The number of aromatic nitrogens is 1. The second-order valence-corrected chi connectivity index (χ2v) is 10.0. The van der Waals surface area contributed by atoms with E-state index in [0.29, 0.717) is 0 Å². The average molecular weight is 546 g/mol. The van der Waals surface area contributed by atoms with Gasteiger partial charge in [0.2, 0.25) is 11.9 Å². The first kappa shape index (κ1) is 25.2. The molecule has 200 valence electrons. The highest BCUT2D eigenvalue weighted by Gasteiger charge is 2.17. The van der Waals surface area contributed by atoms with Gasteiger partial charge in [0.15, 0.2) is 7.05 Å². The predicted molar refractivity (Wildman–Crippen MR) is 166 cm³/mol. The molecule has 2 heterocycles. The van der Waals surface area contributed by atoms with E-state index in [1.165, 1.54) is 0 Å². The second kappa shape index (κ2) is 11.0. The molecule has 0 fully saturated rings. The number of nitrogens with zero attached hydrogens (tertiary/aromatic N) is 3. The summed E-state index contributed by atoms with van der Waals surface area (Å²) < 4.78 is 16.4. The lowest BCUT2D eigenvalue weighted by atomic mass is 10.0. The molecule has 0 atom stereocenters. The van der Waals surface area contributed by atoms with Gasteiger partial charge < -0.3 is 9.47 Å². The van der Waals surface area contributed by atoms with Crippen LogP contribution in [0.1, 0.15) is 0 Å². The summed E-state index contributed by atoms with van der Waals surface area (Å²) >= 11 is 0. The van der Waals surface area contributed by atoms with Crippen LogP contribution in [0, 0.1) is 0 Å². The van der Waals surface area contributed by atoms with Crippen LogP contribution in [-0.4, -0.2) is 27.2 Å². The van der Waals surface area contributed by atoms with Gasteiger partial charge in [0, 0.05) is 23.2 Å². The van der Waals surface area contributed by atoms with Crippen LogP contribution in [-0.2, 0) is 0 Å². The van der Waals surface area contributed by atoms with Crippen molar-refractivity contribution in [2.75, 3.05) is 7.05 Å². The van der Waals surface area contributed by atoms with Crippen molar-refractivity contribution in [3.8, 4) is 45.4 Å². The van der Waals surface area contributed by atoms with Crippen molar-refractivity contribution in [2.45, 2.75) is 0 Å². The molecule has 0 aliphatic carbocycles. The molecule has 1 aliphatic heterocycles. The van der Waals surface area contributed by atoms with Crippen LogP contribution in [0.2, 0.25) is 0 Å². The fourth-order valence-corrected chi connectivity index (χ4v) is 5.02. The van der Waals surface area contributed by atoms with Gasteiger partial charge in [-0.15, -0.1) is 0 Å². The first-order valence-corrected chi connectivity index (χ1v) is 13.8. The highest BCUT2D eigenvalue weighted by atomic mass is 16.5. The molecule has 1 aromatic heterocycles. The molecular weight excluding hydrogens is 518 g/mol. The molecule has 5 aromatic carbocycles. The Balaban J connectivity index is 1.13. The number of pyridine rings is 1. The molecule has 0 spiro atoms. The third-order valence-electron chi connectivity index (χ3n) is 7.07. The summed E-state index contributed by atoms with van der Waals surface area (Å²) in [6.45, 7) is 0. The predicted octanol–water partition coefficient (Wildman–Crippen LogP) is 9.10. The smallest absolute Gasteiger partial charge is 0.457 e. The van der Waals surface area contributed by atoms with Gasteiger partial charge in [-0.05, 0) is 65.0 Å². The van der Waals surface area contributed by atoms with Gasteiger partial charge in [0.25, 0.3) is 6.20 Å². The highest BCUT2D eigenvalue weighted by Crippen LogP contribution is 2.34.